The van der Waals surface area contributed by atoms with Crippen molar-refractivity contribution < 1.29 is 0 Å². The fourth-order valence-electron chi connectivity index (χ4n) is 2.99. The van der Waals surface area contributed by atoms with E-state index < -0.39 is 0 Å². The number of hydrogen-bond acceptors (Lipinski definition) is 6. The van der Waals surface area contributed by atoms with Crippen LogP contribution in [0.3, 0.4) is 0 Å². The lowest BCUT2D eigenvalue weighted by molar-refractivity contribution is 0.728. The minimum atomic E-state index is 0.00199. The Hall–Kier alpha value is -2.42. The summed E-state index contributed by atoms with van der Waals surface area (Å²) in [7, 11) is 1.79. The fraction of sp³-hybridized carbons (Fsp3) is 0.105. The van der Waals surface area contributed by atoms with Gasteiger partial charge in [0.25, 0.3) is 5.56 Å². The molecule has 5 aromatic heterocycles. The lowest BCUT2D eigenvalue weighted by Gasteiger charge is -2.06. The summed E-state index contributed by atoms with van der Waals surface area (Å²) in [5, 5.41) is 5.48. The maximum Gasteiger partial charge on any atom is 0.263 e. The number of fused-ring (bicyclic) bond motifs is 2. The maximum absolute atomic E-state index is 13.0. The summed E-state index contributed by atoms with van der Waals surface area (Å²) >= 11 is 4.70. The van der Waals surface area contributed by atoms with Gasteiger partial charge in [0.15, 0.2) is 5.16 Å². The Morgan fingerprint density at radius 1 is 1.15 bits per heavy atom. The zero-order valence-corrected chi connectivity index (χ0v) is 16.8. The van der Waals surface area contributed by atoms with Crippen LogP contribution in [0.5, 0.6) is 0 Å². The van der Waals surface area contributed by atoms with Crippen molar-refractivity contribution in [2.45, 2.75) is 10.9 Å². The van der Waals surface area contributed by atoms with Gasteiger partial charge in [-0.2, -0.15) is 0 Å². The van der Waals surface area contributed by atoms with E-state index in [9.17, 15) is 4.79 Å². The molecule has 5 heterocycles. The van der Waals surface area contributed by atoms with Crippen molar-refractivity contribution in [3.63, 3.8) is 0 Å². The van der Waals surface area contributed by atoms with E-state index in [1.54, 1.807) is 23.0 Å². The van der Waals surface area contributed by atoms with Gasteiger partial charge >= 0.3 is 0 Å². The van der Waals surface area contributed by atoms with E-state index >= 15 is 0 Å². The number of aromatic nitrogens is 4. The number of thioether (sulfide) groups is 1. The predicted octanol–water partition coefficient (Wildman–Crippen LogP) is 4.66. The average Bonchev–Trinajstić information content (AvgIpc) is 3.41. The summed E-state index contributed by atoms with van der Waals surface area (Å²) < 4.78 is 3.64. The second kappa shape index (κ2) is 6.63. The van der Waals surface area contributed by atoms with Gasteiger partial charge < -0.3 is 4.40 Å². The molecule has 134 valence electrons. The zero-order chi connectivity index (χ0) is 18.4. The SMILES string of the molecule is Cn1c(SCc2cn3ccccc3n2)nc2scc(-c3cccs3)c2c1=O. The van der Waals surface area contributed by atoms with E-state index in [-0.39, 0.29) is 5.56 Å². The van der Waals surface area contributed by atoms with Crippen molar-refractivity contribution in [1.82, 2.24) is 18.9 Å². The number of rotatable bonds is 4. The number of pyridine rings is 1. The van der Waals surface area contributed by atoms with Crippen molar-refractivity contribution in [2.24, 2.45) is 7.05 Å². The van der Waals surface area contributed by atoms with Crippen LogP contribution < -0.4 is 5.56 Å². The molecule has 0 atom stereocenters. The number of nitrogens with zero attached hydrogens (tertiary/aromatic N) is 4. The van der Waals surface area contributed by atoms with Crippen LogP contribution in [0.4, 0.5) is 0 Å². The lowest BCUT2D eigenvalue weighted by Crippen LogP contribution is -2.19. The molecule has 0 bridgehead atoms. The molecule has 0 amide bonds. The number of imidazole rings is 1. The third kappa shape index (κ3) is 2.90. The molecule has 0 aromatic carbocycles. The Balaban J connectivity index is 1.50. The van der Waals surface area contributed by atoms with E-state index in [2.05, 4.69) is 4.98 Å². The van der Waals surface area contributed by atoms with Gasteiger partial charge in [0.2, 0.25) is 0 Å². The van der Waals surface area contributed by atoms with Crippen molar-refractivity contribution in [3.8, 4) is 10.4 Å². The van der Waals surface area contributed by atoms with E-state index in [1.165, 1.54) is 23.1 Å². The van der Waals surface area contributed by atoms with Crippen LogP contribution in [-0.2, 0) is 12.8 Å². The third-order valence-corrected chi connectivity index (χ3v) is 7.16. The normalized spacial score (nSPS) is 11.6. The van der Waals surface area contributed by atoms with Gasteiger partial charge in [0.1, 0.15) is 10.5 Å². The van der Waals surface area contributed by atoms with Crippen LogP contribution in [0.2, 0.25) is 0 Å². The van der Waals surface area contributed by atoms with E-state index in [4.69, 9.17) is 4.98 Å². The molecule has 5 aromatic rings. The summed E-state index contributed by atoms with van der Waals surface area (Å²) in [6, 6.07) is 9.97. The summed E-state index contributed by atoms with van der Waals surface area (Å²) in [5.41, 5.74) is 2.87. The second-order valence-corrected chi connectivity index (χ2v) is 8.80. The van der Waals surface area contributed by atoms with Crippen LogP contribution in [0, 0.1) is 0 Å². The molecule has 5 rings (SSSR count). The van der Waals surface area contributed by atoms with Gasteiger partial charge in [-0.3, -0.25) is 9.36 Å². The average molecular weight is 411 g/mol. The molecule has 27 heavy (non-hydrogen) atoms. The molecule has 0 saturated heterocycles. The van der Waals surface area contributed by atoms with Crippen LogP contribution in [0.25, 0.3) is 26.3 Å². The monoisotopic (exact) mass is 410 g/mol. The second-order valence-electron chi connectivity index (χ2n) is 6.05. The zero-order valence-electron chi connectivity index (χ0n) is 14.3. The molecule has 0 aliphatic heterocycles. The quantitative estimate of drug-likeness (QED) is 0.319. The first-order valence-electron chi connectivity index (χ1n) is 8.28. The standard InChI is InChI=1S/C19H14N4OS3/c1-22-18(24)16-13(14-5-4-8-25-14)11-26-17(16)21-19(22)27-10-12-9-23-7-3-2-6-15(23)20-12/h2-9,11H,10H2,1H3. The molecule has 0 unspecified atom stereocenters. The Morgan fingerprint density at radius 3 is 2.89 bits per heavy atom. The van der Waals surface area contributed by atoms with Crippen LogP contribution in [-0.4, -0.2) is 18.9 Å². The molecule has 0 N–H and O–H groups in total. The lowest BCUT2D eigenvalue weighted by atomic mass is 10.2. The van der Waals surface area contributed by atoms with E-state index in [0.29, 0.717) is 16.3 Å². The molecule has 0 saturated carbocycles. The number of thiophene rings is 2. The molecule has 0 aliphatic rings. The first-order chi connectivity index (χ1) is 13.2. The van der Waals surface area contributed by atoms with Gasteiger partial charge in [-0.05, 0) is 23.6 Å². The third-order valence-electron chi connectivity index (χ3n) is 4.32. The summed E-state index contributed by atoms with van der Waals surface area (Å²) in [6.45, 7) is 0. The topological polar surface area (TPSA) is 52.2 Å². The highest BCUT2D eigenvalue weighted by molar-refractivity contribution is 7.98. The molecular weight excluding hydrogens is 396 g/mol. The Labute approximate surface area is 167 Å². The molecule has 0 aliphatic carbocycles. The molecule has 5 nitrogen and oxygen atoms in total. The smallest absolute Gasteiger partial charge is 0.263 e. The highest BCUT2D eigenvalue weighted by Crippen LogP contribution is 2.34. The van der Waals surface area contributed by atoms with Crippen LogP contribution in [0.15, 0.2) is 63.4 Å². The molecule has 0 spiro atoms. The van der Waals surface area contributed by atoms with E-state index in [1.807, 2.05) is 57.9 Å². The minimum absolute atomic E-state index is 0.00199. The van der Waals surface area contributed by atoms with Crippen LogP contribution >= 0.6 is 34.4 Å². The Kier molecular flexibility index (Phi) is 4.11. The van der Waals surface area contributed by atoms with Gasteiger partial charge in [0, 0.05) is 41.0 Å². The highest BCUT2D eigenvalue weighted by Gasteiger charge is 2.16. The van der Waals surface area contributed by atoms with Gasteiger partial charge in [-0.15, -0.1) is 22.7 Å². The highest BCUT2D eigenvalue weighted by atomic mass is 32.2. The van der Waals surface area contributed by atoms with Crippen molar-refractivity contribution in [3.05, 3.63) is 69.5 Å². The Bertz CT molecular complexity index is 1280. The number of hydrogen-bond donors (Lipinski definition) is 0. The fourth-order valence-corrected chi connectivity index (χ4v) is 5.65. The first-order valence-corrected chi connectivity index (χ1v) is 11.0. The summed E-state index contributed by atoms with van der Waals surface area (Å²) in [5.74, 6) is 0.663. The molecular formula is C19H14N4OS3. The first kappa shape index (κ1) is 16.7. The summed E-state index contributed by atoms with van der Waals surface area (Å²) in [4.78, 5) is 24.2. The largest absolute Gasteiger partial charge is 0.307 e. The van der Waals surface area contributed by atoms with Crippen molar-refractivity contribution in [1.29, 1.82) is 0 Å². The Morgan fingerprint density at radius 2 is 2.07 bits per heavy atom. The van der Waals surface area contributed by atoms with Crippen LogP contribution in [0.1, 0.15) is 5.69 Å². The van der Waals surface area contributed by atoms with E-state index in [0.717, 1.165) is 26.6 Å². The molecule has 0 radical (unpaired) electrons. The molecule has 8 heteroatoms. The van der Waals surface area contributed by atoms with Gasteiger partial charge in [-0.1, -0.05) is 23.9 Å². The molecule has 0 fully saturated rings. The maximum atomic E-state index is 13.0. The van der Waals surface area contributed by atoms with Crippen molar-refractivity contribution >= 4 is 50.3 Å². The summed E-state index contributed by atoms with van der Waals surface area (Å²) in [6.07, 6.45) is 3.99. The predicted molar refractivity (Wildman–Crippen MR) is 113 cm³/mol. The van der Waals surface area contributed by atoms with Gasteiger partial charge in [-0.25, -0.2) is 9.97 Å². The minimum Gasteiger partial charge on any atom is -0.307 e. The van der Waals surface area contributed by atoms with Gasteiger partial charge in [0.05, 0.1) is 11.1 Å². The van der Waals surface area contributed by atoms with Crippen molar-refractivity contribution in [2.75, 3.05) is 0 Å².